The number of rotatable bonds is 6. The summed E-state index contributed by atoms with van der Waals surface area (Å²) in [6.45, 7) is 16.5. The van der Waals surface area contributed by atoms with Crippen LogP contribution in [0.1, 0.15) is 76.3 Å². The van der Waals surface area contributed by atoms with Crippen molar-refractivity contribution in [1.82, 2.24) is 0 Å². The molecule has 0 spiro atoms. The zero-order valence-electron chi connectivity index (χ0n) is 35.3. The average molecular weight is 762 g/mol. The molecule has 8 aromatic rings. The molecule has 0 aliphatic heterocycles. The standard InChI is InChI=1S/C58H51N/c1-56(2,3)53-36-41(38-18-9-8-10-19-38)30-33-54(53)59(44-31-32-47-46-24-11-13-27-49(46)58(6,7)52(47)37-44)43-23-16-21-40(35-43)39-20-15-22-42(34-39)45-26-17-29-51-55(45)48-25-12-14-28-50(48)57(51,4)5/h8-37H,1-7H3. The monoisotopic (exact) mass is 761 g/mol. The Hall–Kier alpha value is -6.44. The Kier molecular flexibility index (Phi) is 8.48. The van der Waals surface area contributed by atoms with Crippen LogP contribution in [0, 0.1) is 0 Å². The first-order chi connectivity index (χ1) is 28.4. The SMILES string of the molecule is CC(C)(C)c1cc(-c2ccccc2)ccc1N(c1cccc(-c2cccc(-c3cccc4c3-c3ccccc3C4(C)C)c2)c1)c1ccc2c(c1)C(C)(C)c1ccccc1-2. The van der Waals surface area contributed by atoms with Gasteiger partial charge in [-0.3, -0.25) is 0 Å². The molecule has 0 saturated carbocycles. The molecule has 2 aliphatic rings. The molecule has 0 saturated heterocycles. The third kappa shape index (κ3) is 5.98. The van der Waals surface area contributed by atoms with Gasteiger partial charge in [-0.05, 0) is 131 Å². The van der Waals surface area contributed by atoms with Crippen molar-refractivity contribution < 1.29 is 0 Å². The van der Waals surface area contributed by atoms with E-state index in [2.05, 4.69) is 235 Å². The fourth-order valence-electron chi connectivity index (χ4n) is 10.1. The maximum atomic E-state index is 2.51. The summed E-state index contributed by atoms with van der Waals surface area (Å²) in [6, 6.07) is 68.0. The van der Waals surface area contributed by atoms with E-state index in [0.717, 1.165) is 11.4 Å². The van der Waals surface area contributed by atoms with Crippen molar-refractivity contribution in [3.05, 3.63) is 210 Å². The van der Waals surface area contributed by atoms with Crippen molar-refractivity contribution in [3.8, 4) is 55.6 Å². The highest BCUT2D eigenvalue weighted by Crippen LogP contribution is 2.53. The van der Waals surface area contributed by atoms with Gasteiger partial charge in [0, 0.05) is 27.9 Å². The van der Waals surface area contributed by atoms with Crippen LogP contribution in [0.3, 0.4) is 0 Å². The van der Waals surface area contributed by atoms with Crippen molar-refractivity contribution in [3.63, 3.8) is 0 Å². The van der Waals surface area contributed by atoms with Crippen LogP contribution in [-0.2, 0) is 16.2 Å². The molecule has 59 heavy (non-hydrogen) atoms. The topological polar surface area (TPSA) is 3.24 Å². The van der Waals surface area contributed by atoms with Gasteiger partial charge in [0.1, 0.15) is 0 Å². The quantitative estimate of drug-likeness (QED) is 0.163. The fraction of sp³-hybridized carbons (Fsp3) is 0.172. The summed E-state index contributed by atoms with van der Waals surface area (Å²) < 4.78 is 0. The molecule has 1 nitrogen and oxygen atoms in total. The van der Waals surface area contributed by atoms with Gasteiger partial charge in [0.2, 0.25) is 0 Å². The van der Waals surface area contributed by atoms with Gasteiger partial charge in [-0.1, -0.05) is 188 Å². The van der Waals surface area contributed by atoms with Crippen molar-refractivity contribution in [2.45, 2.75) is 64.7 Å². The summed E-state index contributed by atoms with van der Waals surface area (Å²) in [7, 11) is 0. The van der Waals surface area contributed by atoms with Gasteiger partial charge in [-0.2, -0.15) is 0 Å². The smallest absolute Gasteiger partial charge is 0.0499 e. The molecule has 0 heterocycles. The van der Waals surface area contributed by atoms with E-state index in [9.17, 15) is 0 Å². The predicted molar refractivity (Wildman–Crippen MR) is 251 cm³/mol. The first-order valence-electron chi connectivity index (χ1n) is 21.1. The Morgan fingerprint density at radius 3 is 1.64 bits per heavy atom. The largest absolute Gasteiger partial charge is 0.310 e. The zero-order valence-corrected chi connectivity index (χ0v) is 35.3. The van der Waals surface area contributed by atoms with Crippen LogP contribution < -0.4 is 4.90 Å². The maximum absolute atomic E-state index is 2.51. The zero-order chi connectivity index (χ0) is 40.7. The van der Waals surface area contributed by atoms with E-state index in [1.54, 1.807) is 0 Å². The van der Waals surface area contributed by atoms with Crippen LogP contribution >= 0.6 is 0 Å². The van der Waals surface area contributed by atoms with E-state index in [-0.39, 0.29) is 16.2 Å². The highest BCUT2D eigenvalue weighted by Gasteiger charge is 2.38. The van der Waals surface area contributed by atoms with Gasteiger partial charge in [0.15, 0.2) is 0 Å². The lowest BCUT2D eigenvalue weighted by Crippen LogP contribution is -2.20. The molecule has 0 atom stereocenters. The molecule has 10 rings (SSSR count). The Balaban J connectivity index is 1.13. The second kappa shape index (κ2) is 13.6. The number of hydrogen-bond donors (Lipinski definition) is 0. The third-order valence-electron chi connectivity index (χ3n) is 13.2. The minimum Gasteiger partial charge on any atom is -0.310 e. The number of anilines is 3. The van der Waals surface area contributed by atoms with Crippen molar-refractivity contribution in [2.24, 2.45) is 0 Å². The molecular formula is C58H51N. The van der Waals surface area contributed by atoms with Crippen LogP contribution in [0.25, 0.3) is 55.6 Å². The number of benzene rings is 8. The second-order valence-corrected chi connectivity index (χ2v) is 18.6. The van der Waals surface area contributed by atoms with Crippen molar-refractivity contribution in [1.29, 1.82) is 0 Å². The van der Waals surface area contributed by atoms with Gasteiger partial charge in [0.25, 0.3) is 0 Å². The number of fused-ring (bicyclic) bond motifs is 6. The number of nitrogens with zero attached hydrogens (tertiary/aromatic N) is 1. The summed E-state index contributed by atoms with van der Waals surface area (Å²) in [5.74, 6) is 0. The summed E-state index contributed by atoms with van der Waals surface area (Å²) in [5, 5.41) is 0. The molecule has 0 bridgehead atoms. The molecule has 0 fully saturated rings. The van der Waals surface area contributed by atoms with E-state index in [4.69, 9.17) is 0 Å². The van der Waals surface area contributed by atoms with Crippen molar-refractivity contribution in [2.75, 3.05) is 4.90 Å². The molecule has 0 amide bonds. The highest BCUT2D eigenvalue weighted by atomic mass is 15.1. The van der Waals surface area contributed by atoms with Crippen LogP contribution in [0.2, 0.25) is 0 Å². The van der Waals surface area contributed by atoms with Crippen LogP contribution in [0.15, 0.2) is 182 Å². The second-order valence-electron chi connectivity index (χ2n) is 18.6. The fourth-order valence-corrected chi connectivity index (χ4v) is 10.1. The molecule has 2 aliphatic carbocycles. The van der Waals surface area contributed by atoms with E-state index in [1.165, 1.54) is 89.1 Å². The Morgan fingerprint density at radius 1 is 0.356 bits per heavy atom. The minimum absolute atomic E-state index is 0.0435. The molecule has 0 unspecified atom stereocenters. The number of hydrogen-bond acceptors (Lipinski definition) is 1. The van der Waals surface area contributed by atoms with Gasteiger partial charge >= 0.3 is 0 Å². The van der Waals surface area contributed by atoms with Gasteiger partial charge in [-0.25, -0.2) is 0 Å². The maximum Gasteiger partial charge on any atom is 0.0499 e. The average Bonchev–Trinajstić information content (AvgIpc) is 3.63. The third-order valence-corrected chi connectivity index (χ3v) is 13.2. The molecule has 8 aromatic carbocycles. The van der Waals surface area contributed by atoms with Crippen molar-refractivity contribution >= 4 is 17.1 Å². The Labute approximate surface area is 350 Å². The van der Waals surface area contributed by atoms with E-state index in [0.29, 0.717) is 0 Å². The van der Waals surface area contributed by atoms with E-state index in [1.807, 2.05) is 0 Å². The summed E-state index contributed by atoms with van der Waals surface area (Å²) >= 11 is 0. The lowest BCUT2D eigenvalue weighted by atomic mass is 9.82. The van der Waals surface area contributed by atoms with Gasteiger partial charge in [-0.15, -0.1) is 0 Å². The molecule has 0 radical (unpaired) electrons. The summed E-state index contributed by atoms with van der Waals surface area (Å²) in [4.78, 5) is 2.51. The lowest BCUT2D eigenvalue weighted by molar-refractivity contribution is 0.591. The predicted octanol–water partition coefficient (Wildman–Crippen LogP) is 16.1. The van der Waals surface area contributed by atoms with E-state index < -0.39 is 0 Å². The summed E-state index contributed by atoms with van der Waals surface area (Å²) in [5.41, 5.74) is 22.8. The Morgan fingerprint density at radius 2 is 0.881 bits per heavy atom. The molecule has 0 N–H and O–H groups in total. The first kappa shape index (κ1) is 36.9. The first-order valence-corrected chi connectivity index (χ1v) is 21.1. The minimum atomic E-state index is -0.125. The van der Waals surface area contributed by atoms with Crippen LogP contribution in [0.4, 0.5) is 17.1 Å². The lowest BCUT2D eigenvalue weighted by Gasteiger charge is -2.33. The van der Waals surface area contributed by atoms with E-state index >= 15 is 0 Å². The Bertz CT molecular complexity index is 2920. The van der Waals surface area contributed by atoms with Gasteiger partial charge < -0.3 is 4.90 Å². The van der Waals surface area contributed by atoms with Crippen LogP contribution in [-0.4, -0.2) is 0 Å². The molecule has 288 valence electrons. The normalized spacial score (nSPS) is 14.3. The van der Waals surface area contributed by atoms with Gasteiger partial charge in [0.05, 0.1) is 0 Å². The summed E-state index contributed by atoms with van der Waals surface area (Å²) in [6.07, 6.45) is 0. The van der Waals surface area contributed by atoms with Crippen LogP contribution in [0.5, 0.6) is 0 Å². The highest BCUT2D eigenvalue weighted by molar-refractivity contribution is 5.94. The molecular weight excluding hydrogens is 711 g/mol. The molecule has 1 heteroatoms. The molecule has 0 aromatic heterocycles.